The van der Waals surface area contributed by atoms with Crippen LogP contribution >= 0.6 is 11.8 Å². The van der Waals surface area contributed by atoms with Crippen LogP contribution in [-0.4, -0.2) is 61.9 Å². The quantitative estimate of drug-likeness (QED) is 0.574. The van der Waals surface area contributed by atoms with Gasteiger partial charge in [-0.1, -0.05) is 30.0 Å². The Morgan fingerprint density at radius 3 is 2.56 bits per heavy atom. The number of fused-ring (bicyclic) bond motifs is 1. The Morgan fingerprint density at radius 1 is 1.12 bits per heavy atom. The first-order valence-electron chi connectivity index (χ1n) is 10.8. The molecule has 1 saturated heterocycles. The molecule has 1 fully saturated rings. The van der Waals surface area contributed by atoms with Gasteiger partial charge in [0.15, 0.2) is 15.0 Å². The van der Waals surface area contributed by atoms with Gasteiger partial charge in [0.25, 0.3) is 5.91 Å². The fourth-order valence-electron chi connectivity index (χ4n) is 3.93. The molecule has 4 rings (SSSR count). The highest BCUT2D eigenvalue weighted by Gasteiger charge is 2.42. The maximum Gasteiger partial charge on any atom is 0.251 e. The van der Waals surface area contributed by atoms with Crippen molar-refractivity contribution < 1.29 is 13.2 Å². The molecule has 0 saturated carbocycles. The Morgan fingerprint density at radius 2 is 1.88 bits per heavy atom. The van der Waals surface area contributed by atoms with E-state index < -0.39 is 9.84 Å². The molecule has 2 N–H and O–H groups in total. The predicted molar refractivity (Wildman–Crippen MR) is 133 cm³/mol. The number of benzene rings is 2. The summed E-state index contributed by atoms with van der Waals surface area (Å²) in [6.45, 7) is 4.55. The number of nitrogens with zero attached hydrogens (tertiary/aromatic N) is 2. The summed E-state index contributed by atoms with van der Waals surface area (Å²) in [4.78, 5) is 19.2. The van der Waals surface area contributed by atoms with Gasteiger partial charge in [-0.3, -0.25) is 9.79 Å². The number of amides is 1. The fourth-order valence-corrected chi connectivity index (χ4v) is 7.60. The van der Waals surface area contributed by atoms with Crippen molar-refractivity contribution in [2.45, 2.75) is 24.6 Å². The molecule has 1 amide bonds. The number of anilines is 2. The maximum atomic E-state index is 12.4. The average molecular weight is 473 g/mol. The summed E-state index contributed by atoms with van der Waals surface area (Å²) in [6, 6.07) is 17.4. The summed E-state index contributed by atoms with van der Waals surface area (Å²) < 4.78 is 23.4. The van der Waals surface area contributed by atoms with E-state index >= 15 is 0 Å². The number of carbonyl (C=O) groups is 1. The monoisotopic (exact) mass is 472 g/mol. The molecule has 7 nitrogen and oxygen atoms in total. The van der Waals surface area contributed by atoms with E-state index in [2.05, 4.69) is 39.6 Å². The fraction of sp³-hybridized carbons (Fsp3) is 0.391. The zero-order chi connectivity index (χ0) is 22.6. The molecule has 2 aromatic carbocycles. The van der Waals surface area contributed by atoms with E-state index in [1.807, 2.05) is 30.3 Å². The van der Waals surface area contributed by atoms with Crippen molar-refractivity contribution in [3.05, 3.63) is 60.2 Å². The number of para-hydroxylation sites is 1. The topological polar surface area (TPSA) is 90.9 Å². The van der Waals surface area contributed by atoms with E-state index in [1.165, 1.54) is 17.4 Å². The van der Waals surface area contributed by atoms with E-state index in [9.17, 15) is 13.2 Å². The molecule has 2 aliphatic heterocycles. The second-order valence-corrected chi connectivity index (χ2v) is 11.3. The van der Waals surface area contributed by atoms with Gasteiger partial charge in [0.05, 0.1) is 17.5 Å². The summed E-state index contributed by atoms with van der Waals surface area (Å²) in [5.74, 6) is 0.236. The smallest absolute Gasteiger partial charge is 0.251 e. The summed E-state index contributed by atoms with van der Waals surface area (Å²) >= 11 is 1.48. The highest BCUT2D eigenvalue weighted by Crippen LogP contribution is 2.34. The number of hydrogen-bond donors (Lipinski definition) is 2. The van der Waals surface area contributed by atoms with Crippen LogP contribution in [0.25, 0.3) is 0 Å². The van der Waals surface area contributed by atoms with Crippen LogP contribution in [0.3, 0.4) is 0 Å². The van der Waals surface area contributed by atoms with Crippen LogP contribution in [0.1, 0.15) is 23.7 Å². The van der Waals surface area contributed by atoms with Gasteiger partial charge in [0, 0.05) is 41.8 Å². The molecule has 0 spiro atoms. The van der Waals surface area contributed by atoms with Gasteiger partial charge in [-0.25, -0.2) is 8.42 Å². The molecule has 170 valence electrons. The average Bonchev–Trinajstić information content (AvgIpc) is 3.27. The lowest BCUT2D eigenvalue weighted by atomic mass is 10.2. The number of amidine groups is 1. The molecule has 0 radical (unpaired) electrons. The van der Waals surface area contributed by atoms with Crippen molar-refractivity contribution in [3.63, 3.8) is 0 Å². The molecule has 0 aromatic heterocycles. The third-order valence-electron chi connectivity index (χ3n) is 5.61. The van der Waals surface area contributed by atoms with Crippen molar-refractivity contribution in [1.82, 2.24) is 5.32 Å². The number of aliphatic imine (C=N–C) groups is 1. The van der Waals surface area contributed by atoms with Gasteiger partial charge in [0.1, 0.15) is 0 Å². The summed E-state index contributed by atoms with van der Waals surface area (Å²) in [5.41, 5.74) is 2.63. The van der Waals surface area contributed by atoms with Gasteiger partial charge >= 0.3 is 0 Å². The van der Waals surface area contributed by atoms with Gasteiger partial charge in [0.2, 0.25) is 0 Å². The zero-order valence-electron chi connectivity index (χ0n) is 18.0. The summed E-state index contributed by atoms with van der Waals surface area (Å²) in [7, 11) is -2.95. The van der Waals surface area contributed by atoms with E-state index in [0.29, 0.717) is 12.1 Å². The molecular weight excluding hydrogens is 444 g/mol. The largest absolute Gasteiger partial charge is 0.372 e. The van der Waals surface area contributed by atoms with E-state index in [4.69, 9.17) is 0 Å². The van der Waals surface area contributed by atoms with Gasteiger partial charge in [-0.2, -0.15) is 0 Å². The summed E-state index contributed by atoms with van der Waals surface area (Å²) in [6.07, 6.45) is 0.864. The first-order chi connectivity index (χ1) is 15.4. The van der Waals surface area contributed by atoms with E-state index in [-0.39, 0.29) is 28.7 Å². The highest BCUT2D eigenvalue weighted by atomic mass is 32.2. The minimum atomic E-state index is -2.95. The van der Waals surface area contributed by atoms with E-state index in [0.717, 1.165) is 30.4 Å². The lowest BCUT2D eigenvalue weighted by Gasteiger charge is -2.23. The minimum absolute atomic E-state index is 0.0121. The van der Waals surface area contributed by atoms with Crippen molar-refractivity contribution >= 4 is 44.0 Å². The maximum absolute atomic E-state index is 12.4. The van der Waals surface area contributed by atoms with Crippen LogP contribution in [-0.2, 0) is 9.84 Å². The molecule has 2 atom stereocenters. The third kappa shape index (κ3) is 5.63. The minimum Gasteiger partial charge on any atom is -0.372 e. The Bertz CT molecular complexity index is 1070. The van der Waals surface area contributed by atoms with Crippen molar-refractivity contribution in [1.29, 1.82) is 0 Å². The first kappa shape index (κ1) is 22.7. The van der Waals surface area contributed by atoms with Gasteiger partial charge in [-0.05, 0) is 49.7 Å². The van der Waals surface area contributed by atoms with E-state index in [1.54, 1.807) is 12.1 Å². The number of rotatable bonds is 8. The van der Waals surface area contributed by atoms with Crippen molar-refractivity contribution in [2.24, 2.45) is 4.99 Å². The SMILES string of the molecule is CCN(CCCNC(=O)c1ccc(NC2=N[C@@H]3CS(=O)(=O)C[C@H]3S2)cc1)c1ccccc1. The molecule has 0 unspecified atom stereocenters. The van der Waals surface area contributed by atoms with Crippen LogP contribution in [0.2, 0.25) is 0 Å². The Kier molecular flexibility index (Phi) is 7.05. The van der Waals surface area contributed by atoms with Gasteiger partial charge in [-0.15, -0.1) is 0 Å². The summed E-state index contributed by atoms with van der Waals surface area (Å²) in [5, 5.41) is 6.97. The molecule has 2 aliphatic rings. The Hall–Kier alpha value is -2.52. The van der Waals surface area contributed by atoms with Crippen molar-refractivity contribution in [2.75, 3.05) is 41.4 Å². The lowest BCUT2D eigenvalue weighted by molar-refractivity contribution is 0.0953. The van der Waals surface area contributed by atoms with Crippen LogP contribution in [0, 0.1) is 0 Å². The molecule has 9 heteroatoms. The molecular formula is C23H28N4O3S2. The third-order valence-corrected chi connectivity index (χ3v) is 8.75. The Balaban J connectivity index is 1.22. The van der Waals surface area contributed by atoms with Crippen LogP contribution < -0.4 is 15.5 Å². The molecule has 2 heterocycles. The van der Waals surface area contributed by atoms with Crippen LogP contribution in [0.4, 0.5) is 11.4 Å². The second kappa shape index (κ2) is 9.95. The van der Waals surface area contributed by atoms with Gasteiger partial charge < -0.3 is 15.5 Å². The molecule has 0 bridgehead atoms. The normalized spacial score (nSPS) is 21.0. The Labute approximate surface area is 193 Å². The number of thioether (sulfide) groups is 1. The highest BCUT2D eigenvalue weighted by molar-refractivity contribution is 8.15. The first-order valence-corrected chi connectivity index (χ1v) is 13.5. The number of carbonyl (C=O) groups excluding carboxylic acids is 1. The second-order valence-electron chi connectivity index (χ2n) is 7.96. The lowest BCUT2D eigenvalue weighted by Crippen LogP contribution is -2.29. The number of hydrogen-bond acceptors (Lipinski definition) is 7. The predicted octanol–water partition coefficient (Wildman–Crippen LogP) is 3.01. The molecule has 32 heavy (non-hydrogen) atoms. The number of sulfone groups is 1. The zero-order valence-corrected chi connectivity index (χ0v) is 19.7. The van der Waals surface area contributed by atoms with Crippen molar-refractivity contribution in [3.8, 4) is 0 Å². The standard InChI is InChI=1S/C23H28N4O3S2/c1-2-27(19-7-4-3-5-8-19)14-6-13-24-22(28)17-9-11-18(12-10-17)25-23-26-20-15-32(29,30)16-21(20)31-23/h3-5,7-12,20-21H,2,6,13-16H2,1H3,(H,24,28)(H,25,26)/t20-,21-/m1/s1. The molecule has 2 aromatic rings. The van der Waals surface area contributed by atoms with Crippen LogP contribution in [0.15, 0.2) is 59.6 Å². The number of nitrogens with one attached hydrogen (secondary N) is 2. The molecule has 0 aliphatic carbocycles. The van der Waals surface area contributed by atoms with Crippen LogP contribution in [0.5, 0.6) is 0 Å².